The molecule has 0 radical (unpaired) electrons. The van der Waals surface area contributed by atoms with Crippen molar-refractivity contribution in [2.45, 2.75) is 13.5 Å². The van der Waals surface area contributed by atoms with Crippen LogP contribution in [0.25, 0.3) is 10.6 Å². The van der Waals surface area contributed by atoms with E-state index in [0.717, 1.165) is 15.5 Å². The number of amides is 2. The van der Waals surface area contributed by atoms with Gasteiger partial charge in [0.15, 0.2) is 0 Å². The average molecular weight is 304 g/mol. The number of ether oxygens (including phenoxy) is 1. The van der Waals surface area contributed by atoms with Crippen LogP contribution in [0.15, 0.2) is 30.3 Å². The van der Waals surface area contributed by atoms with Crippen molar-refractivity contribution in [2.24, 2.45) is 0 Å². The fourth-order valence-electron chi connectivity index (χ4n) is 1.75. The van der Waals surface area contributed by atoms with Crippen molar-refractivity contribution in [3.05, 3.63) is 40.9 Å². The smallest absolute Gasteiger partial charge is 0.272 e. The molecule has 0 saturated carbocycles. The fourth-order valence-corrected chi connectivity index (χ4v) is 2.80. The van der Waals surface area contributed by atoms with Crippen molar-refractivity contribution >= 4 is 23.2 Å². The Kier molecular flexibility index (Phi) is 4.82. The van der Waals surface area contributed by atoms with Gasteiger partial charge in [-0.25, -0.2) is 4.98 Å². The molecule has 2 rings (SSSR count). The van der Waals surface area contributed by atoms with Gasteiger partial charge in [0, 0.05) is 26.6 Å². The number of thiazole rings is 1. The summed E-state index contributed by atoms with van der Waals surface area (Å²) < 4.78 is 5.10. The third kappa shape index (κ3) is 3.34. The predicted octanol–water partition coefficient (Wildman–Crippen LogP) is 2.58. The quantitative estimate of drug-likeness (QED) is 0.871. The maximum absolute atomic E-state index is 12.3. The summed E-state index contributed by atoms with van der Waals surface area (Å²) >= 11 is 1.27. The second-order valence-electron chi connectivity index (χ2n) is 4.48. The number of carbonyl (C=O) groups excluding carboxylic acids is 2. The molecule has 1 aromatic heterocycles. The van der Waals surface area contributed by atoms with Crippen molar-refractivity contribution in [1.82, 2.24) is 9.88 Å². The van der Waals surface area contributed by atoms with Crippen LogP contribution in [0.1, 0.15) is 22.3 Å². The zero-order chi connectivity index (χ0) is 15.4. The van der Waals surface area contributed by atoms with Crippen LogP contribution in [0.3, 0.4) is 0 Å². The molecule has 0 aliphatic carbocycles. The second-order valence-corrected chi connectivity index (χ2v) is 5.48. The number of hydrogen-bond donors (Lipinski definition) is 0. The molecule has 5 nitrogen and oxygen atoms in total. The van der Waals surface area contributed by atoms with Crippen molar-refractivity contribution < 1.29 is 14.3 Å². The first-order chi connectivity index (χ1) is 10.0. The Morgan fingerprint density at radius 3 is 2.52 bits per heavy atom. The number of hydrogen-bond acceptors (Lipinski definition) is 5. The second kappa shape index (κ2) is 6.60. The van der Waals surface area contributed by atoms with Crippen molar-refractivity contribution in [2.75, 3.05) is 14.2 Å². The minimum Gasteiger partial charge on any atom is -0.378 e. The first-order valence-corrected chi connectivity index (χ1v) is 7.19. The van der Waals surface area contributed by atoms with Gasteiger partial charge in [0.1, 0.15) is 9.88 Å². The average Bonchev–Trinajstić information content (AvgIpc) is 2.91. The highest BCUT2D eigenvalue weighted by Crippen LogP contribution is 2.29. The Labute approximate surface area is 127 Å². The number of nitrogens with zero attached hydrogens (tertiary/aromatic N) is 2. The minimum atomic E-state index is -0.353. The summed E-state index contributed by atoms with van der Waals surface area (Å²) in [6, 6.07) is 9.60. The summed E-state index contributed by atoms with van der Waals surface area (Å²) in [7, 11) is 3.01. The maximum Gasteiger partial charge on any atom is 0.272 e. The van der Waals surface area contributed by atoms with Crippen LogP contribution in [-0.2, 0) is 16.1 Å². The molecule has 0 saturated heterocycles. The van der Waals surface area contributed by atoms with Gasteiger partial charge in [0.25, 0.3) is 5.91 Å². The van der Waals surface area contributed by atoms with Gasteiger partial charge in [0.05, 0.1) is 12.3 Å². The van der Waals surface area contributed by atoms with Crippen LogP contribution in [0.4, 0.5) is 0 Å². The van der Waals surface area contributed by atoms with Crippen LogP contribution in [0, 0.1) is 0 Å². The molecule has 1 aromatic carbocycles. The monoisotopic (exact) mass is 304 g/mol. The Hall–Kier alpha value is -2.05. The molecule has 0 atom stereocenters. The number of imide groups is 1. The largest absolute Gasteiger partial charge is 0.378 e. The van der Waals surface area contributed by atoms with Gasteiger partial charge in [-0.15, -0.1) is 11.3 Å². The zero-order valence-electron chi connectivity index (χ0n) is 12.1. The molecular formula is C15H16N2O3S. The fraction of sp³-hybridized carbons (Fsp3) is 0.267. The summed E-state index contributed by atoms with van der Waals surface area (Å²) in [5, 5.41) is 0.739. The Bertz CT molecular complexity index is 652. The molecule has 1 heterocycles. The van der Waals surface area contributed by atoms with Gasteiger partial charge >= 0.3 is 0 Å². The van der Waals surface area contributed by atoms with Crippen molar-refractivity contribution in [1.29, 1.82) is 0 Å². The van der Waals surface area contributed by atoms with Crippen LogP contribution >= 0.6 is 11.3 Å². The molecular weight excluding hydrogens is 288 g/mol. The van der Waals surface area contributed by atoms with Gasteiger partial charge in [0.2, 0.25) is 5.91 Å². The van der Waals surface area contributed by atoms with E-state index in [-0.39, 0.29) is 18.4 Å². The van der Waals surface area contributed by atoms with Crippen molar-refractivity contribution in [3.63, 3.8) is 0 Å². The summed E-state index contributed by atoms with van der Waals surface area (Å²) in [5.41, 5.74) is 1.49. The van der Waals surface area contributed by atoms with E-state index < -0.39 is 0 Å². The lowest BCUT2D eigenvalue weighted by Gasteiger charge is -2.11. The molecule has 0 spiro atoms. The first kappa shape index (κ1) is 15.3. The number of methoxy groups -OCH3 is 1. The predicted molar refractivity (Wildman–Crippen MR) is 81.0 cm³/mol. The van der Waals surface area contributed by atoms with Gasteiger partial charge in [-0.3, -0.25) is 14.5 Å². The molecule has 2 aromatic rings. The Morgan fingerprint density at radius 1 is 1.29 bits per heavy atom. The zero-order valence-corrected chi connectivity index (χ0v) is 12.9. The van der Waals surface area contributed by atoms with E-state index >= 15 is 0 Å². The van der Waals surface area contributed by atoms with E-state index in [9.17, 15) is 9.59 Å². The van der Waals surface area contributed by atoms with E-state index in [1.165, 1.54) is 25.3 Å². The molecule has 0 unspecified atom stereocenters. The van der Waals surface area contributed by atoms with Crippen LogP contribution in [-0.4, -0.2) is 35.9 Å². The third-order valence-corrected chi connectivity index (χ3v) is 4.11. The highest BCUT2D eigenvalue weighted by molar-refractivity contribution is 7.17. The lowest BCUT2D eigenvalue weighted by Crippen LogP contribution is -2.31. The third-order valence-electron chi connectivity index (χ3n) is 2.97. The van der Waals surface area contributed by atoms with Crippen LogP contribution < -0.4 is 0 Å². The van der Waals surface area contributed by atoms with E-state index in [2.05, 4.69) is 4.98 Å². The molecule has 21 heavy (non-hydrogen) atoms. The molecule has 110 valence electrons. The van der Waals surface area contributed by atoms with E-state index in [0.29, 0.717) is 10.6 Å². The van der Waals surface area contributed by atoms with Crippen LogP contribution in [0.5, 0.6) is 0 Å². The lowest BCUT2D eigenvalue weighted by molar-refractivity contribution is -0.125. The SMILES string of the molecule is COCc1nc(-c2ccccc2)sc1C(=O)N(C)C(C)=O. The van der Waals surface area contributed by atoms with Gasteiger partial charge in [-0.05, 0) is 0 Å². The molecule has 0 aliphatic heterocycles. The normalized spacial score (nSPS) is 10.4. The van der Waals surface area contributed by atoms with Crippen molar-refractivity contribution in [3.8, 4) is 10.6 Å². The Morgan fingerprint density at radius 2 is 1.95 bits per heavy atom. The summed E-state index contributed by atoms with van der Waals surface area (Å²) in [4.78, 5) is 29.7. The van der Waals surface area contributed by atoms with E-state index in [1.54, 1.807) is 7.11 Å². The topological polar surface area (TPSA) is 59.5 Å². The first-order valence-electron chi connectivity index (χ1n) is 6.37. The summed E-state index contributed by atoms with van der Waals surface area (Å²) in [6.07, 6.45) is 0. The molecule has 6 heteroatoms. The summed E-state index contributed by atoms with van der Waals surface area (Å²) in [6.45, 7) is 1.59. The standard InChI is InChI=1S/C15H16N2O3S/c1-10(18)17(2)15(19)13-12(9-20-3)16-14(21-13)11-7-5-4-6-8-11/h4-8H,9H2,1-3H3. The van der Waals surface area contributed by atoms with E-state index in [4.69, 9.17) is 4.74 Å². The highest BCUT2D eigenvalue weighted by Gasteiger charge is 2.23. The number of benzene rings is 1. The minimum absolute atomic E-state index is 0.232. The molecule has 0 N–H and O–H groups in total. The number of rotatable bonds is 4. The van der Waals surface area contributed by atoms with Gasteiger partial charge in [-0.2, -0.15) is 0 Å². The maximum atomic E-state index is 12.3. The molecule has 2 amide bonds. The number of carbonyl (C=O) groups is 2. The highest BCUT2D eigenvalue weighted by atomic mass is 32.1. The summed E-state index contributed by atoms with van der Waals surface area (Å²) in [5.74, 6) is -0.660. The molecule has 0 aliphatic rings. The van der Waals surface area contributed by atoms with Gasteiger partial charge in [-0.1, -0.05) is 30.3 Å². The van der Waals surface area contributed by atoms with Crippen LogP contribution in [0.2, 0.25) is 0 Å². The van der Waals surface area contributed by atoms with E-state index in [1.807, 2.05) is 30.3 Å². The Balaban J connectivity index is 2.43. The molecule has 0 fully saturated rings. The lowest BCUT2D eigenvalue weighted by atomic mass is 10.2. The van der Waals surface area contributed by atoms with Gasteiger partial charge < -0.3 is 4.74 Å². The molecule has 0 bridgehead atoms. The number of aromatic nitrogens is 1.